The molecule has 0 unspecified atom stereocenters. The van der Waals surface area contributed by atoms with E-state index in [0.29, 0.717) is 0 Å². The van der Waals surface area contributed by atoms with Crippen molar-refractivity contribution in [3.63, 3.8) is 0 Å². The maximum absolute atomic E-state index is 12.7. The summed E-state index contributed by atoms with van der Waals surface area (Å²) in [5, 5.41) is 2.79. The number of ether oxygens (including phenoxy) is 1. The quantitative estimate of drug-likeness (QED) is 0.577. The van der Waals surface area contributed by atoms with Crippen LogP contribution in [0.25, 0.3) is 0 Å². The van der Waals surface area contributed by atoms with E-state index < -0.39 is 34.1 Å². The van der Waals surface area contributed by atoms with E-state index in [1.54, 1.807) is 24.3 Å². The van der Waals surface area contributed by atoms with Crippen LogP contribution in [0.3, 0.4) is 0 Å². The van der Waals surface area contributed by atoms with E-state index in [2.05, 4.69) is 10.0 Å². The van der Waals surface area contributed by atoms with Gasteiger partial charge in [-0.2, -0.15) is 0 Å². The van der Waals surface area contributed by atoms with E-state index in [0.717, 1.165) is 12.8 Å². The molecule has 1 aliphatic carbocycles. The molecule has 8 nitrogen and oxygen atoms in total. The molecule has 0 aromatic heterocycles. The highest BCUT2D eigenvalue weighted by atomic mass is 32.2. The van der Waals surface area contributed by atoms with Gasteiger partial charge in [0.15, 0.2) is 0 Å². The molecular formula is C20H29N3O5S. The Labute approximate surface area is 171 Å². The SMILES string of the molecule is CCC(CC)O[C@@H]1C=C(C(=O)NS(=O)(=O)c2ccccc2)C[C@H](N)[C@H]1NC(C)=O. The van der Waals surface area contributed by atoms with Crippen molar-refractivity contribution >= 4 is 21.8 Å². The molecule has 0 fully saturated rings. The van der Waals surface area contributed by atoms with Crippen LogP contribution in [0.1, 0.15) is 40.0 Å². The molecular weight excluding hydrogens is 394 g/mol. The zero-order chi connectivity index (χ0) is 21.6. The van der Waals surface area contributed by atoms with Gasteiger partial charge in [-0.1, -0.05) is 32.0 Å². The Balaban J connectivity index is 2.26. The van der Waals surface area contributed by atoms with E-state index in [9.17, 15) is 18.0 Å². The molecule has 160 valence electrons. The Morgan fingerprint density at radius 2 is 1.83 bits per heavy atom. The summed E-state index contributed by atoms with van der Waals surface area (Å²) in [6.07, 6.45) is 2.49. The number of rotatable bonds is 8. The fraction of sp³-hybridized carbons (Fsp3) is 0.500. The highest BCUT2D eigenvalue weighted by molar-refractivity contribution is 7.90. The van der Waals surface area contributed by atoms with E-state index in [4.69, 9.17) is 10.5 Å². The van der Waals surface area contributed by atoms with E-state index in [1.807, 2.05) is 13.8 Å². The summed E-state index contributed by atoms with van der Waals surface area (Å²) in [6.45, 7) is 5.35. The van der Waals surface area contributed by atoms with Crippen LogP contribution in [-0.4, -0.2) is 44.5 Å². The second kappa shape index (κ2) is 10.00. The third kappa shape index (κ3) is 6.12. The van der Waals surface area contributed by atoms with Crippen LogP contribution in [0, 0.1) is 0 Å². The van der Waals surface area contributed by atoms with Gasteiger partial charge in [-0.05, 0) is 37.5 Å². The highest BCUT2D eigenvalue weighted by Gasteiger charge is 2.36. The first kappa shape index (κ1) is 23.1. The van der Waals surface area contributed by atoms with E-state index in [-0.39, 0.29) is 28.9 Å². The molecule has 9 heteroatoms. The average Bonchev–Trinajstić information content (AvgIpc) is 2.68. The van der Waals surface area contributed by atoms with Crippen LogP contribution < -0.4 is 15.8 Å². The number of amides is 2. The number of hydrogen-bond donors (Lipinski definition) is 3. The molecule has 0 spiro atoms. The van der Waals surface area contributed by atoms with Crippen LogP contribution >= 0.6 is 0 Å². The number of carbonyl (C=O) groups is 2. The number of hydrogen-bond acceptors (Lipinski definition) is 6. The maximum atomic E-state index is 12.7. The Morgan fingerprint density at radius 3 is 2.38 bits per heavy atom. The minimum Gasteiger partial charge on any atom is -0.369 e. The first-order valence-electron chi connectivity index (χ1n) is 9.69. The standard InChI is InChI=1S/C20H29N3O5S/c1-4-15(5-2)28-18-12-14(11-17(21)19(18)22-13(3)24)20(25)23-29(26,27)16-9-7-6-8-10-16/h6-10,12,15,17-19H,4-5,11,21H2,1-3H3,(H,22,24)(H,23,25)/t17-,18+,19+/m0/s1. The number of benzene rings is 1. The van der Waals surface area contributed by atoms with Crippen molar-refractivity contribution in [2.45, 2.75) is 69.2 Å². The molecule has 2 amide bonds. The first-order valence-corrected chi connectivity index (χ1v) is 11.2. The zero-order valence-electron chi connectivity index (χ0n) is 16.9. The molecule has 1 aromatic rings. The van der Waals surface area contributed by atoms with Gasteiger partial charge in [0, 0.05) is 18.5 Å². The summed E-state index contributed by atoms with van der Waals surface area (Å²) in [7, 11) is -4.00. The predicted molar refractivity (Wildman–Crippen MR) is 109 cm³/mol. The zero-order valence-corrected chi connectivity index (χ0v) is 17.7. The molecule has 2 rings (SSSR count). The van der Waals surface area contributed by atoms with Gasteiger partial charge >= 0.3 is 0 Å². The second-order valence-electron chi connectivity index (χ2n) is 7.07. The molecule has 0 radical (unpaired) electrons. The Kier molecular flexibility index (Phi) is 7.95. The van der Waals surface area contributed by atoms with Gasteiger partial charge in [0.2, 0.25) is 5.91 Å². The molecule has 0 aliphatic heterocycles. The molecule has 0 bridgehead atoms. The number of nitrogens with one attached hydrogen (secondary N) is 2. The van der Waals surface area contributed by atoms with Gasteiger partial charge in [-0.3, -0.25) is 9.59 Å². The monoisotopic (exact) mass is 423 g/mol. The van der Waals surface area contributed by atoms with Crippen molar-refractivity contribution in [3.05, 3.63) is 42.0 Å². The largest absolute Gasteiger partial charge is 0.369 e. The van der Waals surface area contributed by atoms with Crippen molar-refractivity contribution in [3.8, 4) is 0 Å². The maximum Gasteiger partial charge on any atom is 0.264 e. The molecule has 1 aromatic carbocycles. The summed E-state index contributed by atoms with van der Waals surface area (Å²) in [5.74, 6) is -1.000. The Morgan fingerprint density at radius 1 is 1.21 bits per heavy atom. The van der Waals surface area contributed by atoms with Gasteiger partial charge in [0.05, 0.1) is 23.1 Å². The van der Waals surface area contributed by atoms with Crippen LogP contribution in [0.4, 0.5) is 0 Å². The molecule has 1 aliphatic rings. The lowest BCUT2D eigenvalue weighted by Crippen LogP contribution is -2.57. The third-order valence-electron chi connectivity index (χ3n) is 4.84. The number of nitrogens with two attached hydrogens (primary N) is 1. The minimum atomic E-state index is -4.00. The summed E-state index contributed by atoms with van der Waals surface area (Å²) >= 11 is 0. The minimum absolute atomic E-state index is 0.00462. The van der Waals surface area contributed by atoms with Crippen LogP contribution in [0.5, 0.6) is 0 Å². The first-order chi connectivity index (χ1) is 13.7. The number of sulfonamides is 1. The van der Waals surface area contributed by atoms with E-state index >= 15 is 0 Å². The van der Waals surface area contributed by atoms with Crippen molar-refractivity contribution in [1.29, 1.82) is 0 Å². The van der Waals surface area contributed by atoms with Crippen molar-refractivity contribution in [2.24, 2.45) is 5.73 Å². The molecule has 3 atom stereocenters. The number of carbonyl (C=O) groups excluding carboxylic acids is 2. The van der Waals surface area contributed by atoms with Gasteiger partial charge < -0.3 is 15.8 Å². The Hall–Kier alpha value is -2.23. The summed E-state index contributed by atoms with van der Waals surface area (Å²) in [6, 6.07) is 6.55. The second-order valence-corrected chi connectivity index (χ2v) is 8.76. The van der Waals surface area contributed by atoms with Gasteiger partial charge in [-0.25, -0.2) is 13.1 Å². The smallest absolute Gasteiger partial charge is 0.264 e. The van der Waals surface area contributed by atoms with Gasteiger partial charge in [0.1, 0.15) is 0 Å². The Bertz CT molecular complexity index is 850. The highest BCUT2D eigenvalue weighted by Crippen LogP contribution is 2.24. The lowest BCUT2D eigenvalue weighted by molar-refractivity contribution is -0.121. The third-order valence-corrected chi connectivity index (χ3v) is 6.19. The fourth-order valence-electron chi connectivity index (χ4n) is 3.26. The van der Waals surface area contributed by atoms with Crippen molar-refractivity contribution < 1.29 is 22.7 Å². The normalized spacial score (nSPS) is 22.1. The van der Waals surface area contributed by atoms with Crippen LogP contribution in [-0.2, 0) is 24.3 Å². The summed E-state index contributed by atoms with van der Waals surface area (Å²) in [4.78, 5) is 24.3. The van der Waals surface area contributed by atoms with Crippen LogP contribution in [0.15, 0.2) is 46.9 Å². The molecule has 0 saturated carbocycles. The molecule has 4 N–H and O–H groups in total. The van der Waals surface area contributed by atoms with Gasteiger partial charge in [-0.15, -0.1) is 0 Å². The topological polar surface area (TPSA) is 128 Å². The fourth-order valence-corrected chi connectivity index (χ4v) is 4.27. The van der Waals surface area contributed by atoms with Gasteiger partial charge in [0.25, 0.3) is 15.9 Å². The molecule has 0 heterocycles. The summed E-state index contributed by atoms with van der Waals surface area (Å²) < 4.78 is 33.1. The van der Waals surface area contributed by atoms with Crippen LogP contribution in [0.2, 0.25) is 0 Å². The lowest BCUT2D eigenvalue weighted by Gasteiger charge is -2.36. The van der Waals surface area contributed by atoms with E-state index in [1.165, 1.54) is 19.1 Å². The lowest BCUT2D eigenvalue weighted by atomic mass is 9.88. The summed E-state index contributed by atoms with van der Waals surface area (Å²) in [5.41, 5.74) is 6.43. The molecule has 29 heavy (non-hydrogen) atoms. The van der Waals surface area contributed by atoms with Crippen molar-refractivity contribution in [2.75, 3.05) is 0 Å². The van der Waals surface area contributed by atoms with Crippen molar-refractivity contribution in [1.82, 2.24) is 10.0 Å². The predicted octanol–water partition coefficient (Wildman–Crippen LogP) is 1.23. The molecule has 0 saturated heterocycles. The average molecular weight is 424 g/mol.